The quantitative estimate of drug-likeness (QED) is 0.619. The molecule has 2 atom stereocenters. The number of nitrogen functional groups attached to an aromatic ring is 1. The van der Waals surface area contributed by atoms with Crippen molar-refractivity contribution in [1.82, 2.24) is 20.1 Å². The van der Waals surface area contributed by atoms with Gasteiger partial charge < -0.3 is 25.6 Å². The minimum atomic E-state index is -0.589. The van der Waals surface area contributed by atoms with Crippen molar-refractivity contribution in [3.8, 4) is 0 Å². The minimum absolute atomic E-state index is 0.0601. The Labute approximate surface area is 152 Å². The molecule has 1 aliphatic heterocycles. The van der Waals surface area contributed by atoms with Crippen LogP contribution in [0.2, 0.25) is 5.15 Å². The third kappa shape index (κ3) is 5.89. The summed E-state index contributed by atoms with van der Waals surface area (Å²) in [7, 11) is 0. The molecule has 0 bridgehead atoms. The molecule has 10 heteroatoms. The van der Waals surface area contributed by atoms with Crippen molar-refractivity contribution in [3.63, 3.8) is 0 Å². The van der Waals surface area contributed by atoms with Crippen LogP contribution in [-0.4, -0.2) is 87.4 Å². The summed E-state index contributed by atoms with van der Waals surface area (Å²) in [5.74, 6) is 0.456. The number of aliphatic hydroxyl groups excluding tert-OH is 2. The van der Waals surface area contributed by atoms with Gasteiger partial charge in [0.15, 0.2) is 11.0 Å². The number of nitrogens with two attached hydrogens (primary N) is 1. The van der Waals surface area contributed by atoms with E-state index in [1.54, 1.807) is 0 Å². The van der Waals surface area contributed by atoms with E-state index in [-0.39, 0.29) is 35.8 Å². The standard InChI is InChI=1S/C15H27ClN6O3/c1-15(2,3)25-9-11(24)7-21-4-5-22(10(6-21)8-23)14-18-13(17)12(16)19-20-14/h10-11,23-24H,4-9H2,1-3H3,(H2,17,18,20)/t10-,11?/m0/s1. The van der Waals surface area contributed by atoms with Crippen molar-refractivity contribution < 1.29 is 14.9 Å². The molecule has 0 radical (unpaired) electrons. The molecule has 1 unspecified atom stereocenters. The average molecular weight is 375 g/mol. The Morgan fingerprint density at radius 1 is 1.36 bits per heavy atom. The van der Waals surface area contributed by atoms with Crippen LogP contribution >= 0.6 is 11.6 Å². The number of halogens is 1. The molecule has 0 amide bonds. The Morgan fingerprint density at radius 3 is 2.68 bits per heavy atom. The molecule has 1 aliphatic rings. The van der Waals surface area contributed by atoms with E-state index in [9.17, 15) is 10.2 Å². The van der Waals surface area contributed by atoms with Gasteiger partial charge in [0.1, 0.15) is 0 Å². The summed E-state index contributed by atoms with van der Waals surface area (Å²) in [5, 5.41) is 27.7. The Hall–Kier alpha value is -1.26. The fraction of sp³-hybridized carbons (Fsp3) is 0.800. The van der Waals surface area contributed by atoms with Crippen LogP contribution in [0.5, 0.6) is 0 Å². The average Bonchev–Trinajstić information content (AvgIpc) is 2.55. The van der Waals surface area contributed by atoms with Crippen LogP contribution in [0.1, 0.15) is 20.8 Å². The first-order chi connectivity index (χ1) is 11.7. The minimum Gasteiger partial charge on any atom is -0.394 e. The van der Waals surface area contributed by atoms with Gasteiger partial charge in [-0.1, -0.05) is 11.6 Å². The highest BCUT2D eigenvalue weighted by atomic mass is 35.5. The van der Waals surface area contributed by atoms with Gasteiger partial charge in [0, 0.05) is 26.2 Å². The van der Waals surface area contributed by atoms with Crippen LogP contribution in [0.3, 0.4) is 0 Å². The number of anilines is 2. The number of hydrogen-bond donors (Lipinski definition) is 3. The van der Waals surface area contributed by atoms with Gasteiger partial charge in [-0.25, -0.2) is 0 Å². The van der Waals surface area contributed by atoms with Gasteiger partial charge in [0.2, 0.25) is 5.95 Å². The highest BCUT2D eigenvalue weighted by Crippen LogP contribution is 2.20. The number of aromatic nitrogens is 3. The lowest BCUT2D eigenvalue weighted by molar-refractivity contribution is -0.0573. The zero-order valence-corrected chi connectivity index (χ0v) is 15.6. The van der Waals surface area contributed by atoms with Crippen molar-refractivity contribution in [2.45, 2.75) is 38.5 Å². The van der Waals surface area contributed by atoms with Gasteiger partial charge in [-0.3, -0.25) is 4.90 Å². The second-order valence-electron chi connectivity index (χ2n) is 7.15. The van der Waals surface area contributed by atoms with Gasteiger partial charge in [0.25, 0.3) is 0 Å². The molecule has 0 spiro atoms. The Morgan fingerprint density at radius 2 is 2.08 bits per heavy atom. The summed E-state index contributed by atoms with van der Waals surface area (Å²) >= 11 is 5.76. The lowest BCUT2D eigenvalue weighted by atomic mass is 10.1. The van der Waals surface area contributed by atoms with E-state index in [2.05, 4.69) is 20.1 Å². The highest BCUT2D eigenvalue weighted by molar-refractivity contribution is 6.31. The zero-order valence-electron chi connectivity index (χ0n) is 14.9. The second kappa shape index (κ2) is 8.41. The van der Waals surface area contributed by atoms with Crippen LogP contribution in [0, 0.1) is 0 Å². The van der Waals surface area contributed by atoms with Gasteiger partial charge in [-0.15, -0.1) is 10.2 Å². The molecular weight excluding hydrogens is 348 g/mol. The molecule has 0 aromatic carbocycles. The molecule has 1 fully saturated rings. The molecule has 0 aliphatic carbocycles. The summed E-state index contributed by atoms with van der Waals surface area (Å²) in [4.78, 5) is 8.08. The Balaban J connectivity index is 1.93. The molecule has 4 N–H and O–H groups in total. The molecule has 9 nitrogen and oxygen atoms in total. The molecule has 2 rings (SSSR count). The largest absolute Gasteiger partial charge is 0.394 e. The predicted molar refractivity (Wildman–Crippen MR) is 95.6 cm³/mol. The summed E-state index contributed by atoms with van der Waals surface area (Å²) in [5.41, 5.74) is 5.40. The van der Waals surface area contributed by atoms with E-state index in [4.69, 9.17) is 22.1 Å². The fourth-order valence-electron chi connectivity index (χ4n) is 2.64. The molecule has 25 heavy (non-hydrogen) atoms. The number of piperazine rings is 1. The summed E-state index contributed by atoms with van der Waals surface area (Å²) < 4.78 is 5.61. The maximum Gasteiger partial charge on any atom is 0.247 e. The first-order valence-corrected chi connectivity index (χ1v) is 8.65. The maximum atomic E-state index is 10.2. The normalized spacial score (nSPS) is 20.7. The number of ether oxygens (including phenoxy) is 1. The number of aliphatic hydroxyl groups is 2. The molecule has 0 saturated carbocycles. The van der Waals surface area contributed by atoms with Gasteiger partial charge in [-0.05, 0) is 20.8 Å². The second-order valence-corrected chi connectivity index (χ2v) is 7.51. The topological polar surface area (TPSA) is 121 Å². The smallest absolute Gasteiger partial charge is 0.247 e. The number of hydrogen-bond acceptors (Lipinski definition) is 9. The molecule has 1 aromatic heterocycles. The van der Waals surface area contributed by atoms with Gasteiger partial charge in [-0.2, -0.15) is 4.98 Å². The molecule has 1 saturated heterocycles. The fourth-order valence-corrected chi connectivity index (χ4v) is 2.72. The van der Waals surface area contributed by atoms with E-state index < -0.39 is 6.10 Å². The van der Waals surface area contributed by atoms with Crippen molar-refractivity contribution in [2.24, 2.45) is 0 Å². The number of nitrogens with zero attached hydrogens (tertiary/aromatic N) is 5. The third-order valence-electron chi connectivity index (χ3n) is 3.87. The highest BCUT2D eigenvalue weighted by Gasteiger charge is 2.30. The monoisotopic (exact) mass is 374 g/mol. The lowest BCUT2D eigenvalue weighted by Crippen LogP contribution is -2.57. The van der Waals surface area contributed by atoms with Crippen LogP contribution in [0.25, 0.3) is 0 Å². The SMILES string of the molecule is CC(C)(C)OCC(O)CN1CCN(c2nnc(Cl)c(N)n2)[C@H](CO)C1. The van der Waals surface area contributed by atoms with Crippen molar-refractivity contribution in [2.75, 3.05) is 50.0 Å². The zero-order chi connectivity index (χ0) is 18.6. The van der Waals surface area contributed by atoms with Crippen LogP contribution in [0.4, 0.5) is 11.8 Å². The summed E-state index contributed by atoms with van der Waals surface area (Å²) in [6.45, 7) is 8.36. The van der Waals surface area contributed by atoms with E-state index in [0.29, 0.717) is 32.1 Å². The number of β-amino-alcohol motifs (C(OH)–C–C–N with tert-alkyl or cyclic N) is 1. The summed E-state index contributed by atoms with van der Waals surface area (Å²) in [6.07, 6.45) is -0.589. The van der Waals surface area contributed by atoms with E-state index in [1.807, 2.05) is 25.7 Å². The van der Waals surface area contributed by atoms with Crippen molar-refractivity contribution >= 4 is 23.4 Å². The van der Waals surface area contributed by atoms with Crippen molar-refractivity contribution in [1.29, 1.82) is 0 Å². The number of rotatable bonds is 6. The van der Waals surface area contributed by atoms with E-state index in [0.717, 1.165) is 0 Å². The van der Waals surface area contributed by atoms with Crippen molar-refractivity contribution in [3.05, 3.63) is 5.15 Å². The third-order valence-corrected chi connectivity index (χ3v) is 4.14. The van der Waals surface area contributed by atoms with E-state index >= 15 is 0 Å². The molecule has 142 valence electrons. The Kier molecular flexibility index (Phi) is 6.75. The lowest BCUT2D eigenvalue weighted by Gasteiger charge is -2.41. The molecule has 1 aromatic rings. The first-order valence-electron chi connectivity index (χ1n) is 8.27. The maximum absolute atomic E-state index is 10.2. The van der Waals surface area contributed by atoms with Crippen LogP contribution in [0.15, 0.2) is 0 Å². The summed E-state index contributed by atoms with van der Waals surface area (Å²) in [6, 6.07) is -0.216. The van der Waals surface area contributed by atoms with Crippen LogP contribution < -0.4 is 10.6 Å². The van der Waals surface area contributed by atoms with E-state index in [1.165, 1.54) is 0 Å². The van der Waals surface area contributed by atoms with Gasteiger partial charge in [0.05, 0.1) is 31.0 Å². The molecule has 2 heterocycles. The first kappa shape index (κ1) is 20.1. The van der Waals surface area contributed by atoms with Crippen LogP contribution in [-0.2, 0) is 4.74 Å². The van der Waals surface area contributed by atoms with Gasteiger partial charge >= 0.3 is 0 Å². The molecular formula is C15H27ClN6O3. The Bertz CT molecular complexity index is 571. The predicted octanol–water partition coefficient (Wildman–Crippen LogP) is -0.234.